The second kappa shape index (κ2) is 27.0. The molecule has 95 heavy (non-hydrogen) atoms. The van der Waals surface area contributed by atoms with Gasteiger partial charge in [0.25, 0.3) is 74.2 Å². The van der Waals surface area contributed by atoms with Crippen molar-refractivity contribution in [2.24, 2.45) is 0 Å². The van der Waals surface area contributed by atoms with Gasteiger partial charge in [0, 0.05) is 56.0 Å². The maximum atomic E-state index is 14.8. The van der Waals surface area contributed by atoms with Crippen molar-refractivity contribution in [3.63, 3.8) is 0 Å². The molecule has 41 heteroatoms. The van der Waals surface area contributed by atoms with Crippen LogP contribution in [-0.2, 0) is 61.7 Å². The van der Waals surface area contributed by atoms with Crippen molar-refractivity contribution >= 4 is 210 Å². The number of hydrogen-bond acceptors (Lipinski definition) is 27. The van der Waals surface area contributed by atoms with Crippen molar-refractivity contribution in [2.75, 3.05) is 66.5 Å². The molecule has 11 rings (SSSR count). The van der Waals surface area contributed by atoms with Crippen LogP contribution in [0.25, 0.3) is 43.1 Å². The molecule has 7 aromatic carbocycles. The highest BCUT2D eigenvalue weighted by Crippen LogP contribution is 2.48. The lowest BCUT2D eigenvalue weighted by molar-refractivity contribution is 0.0877. The van der Waals surface area contributed by atoms with E-state index >= 15 is 0 Å². The van der Waals surface area contributed by atoms with Gasteiger partial charge in [-0.3, -0.25) is 41.9 Å². The fourth-order valence-corrected chi connectivity index (χ4v) is 17.7. The minimum absolute atomic E-state index is 0.00272. The zero-order valence-corrected chi connectivity index (χ0v) is 56.2. The van der Waals surface area contributed by atoms with Crippen molar-refractivity contribution < 1.29 is 92.8 Å². The summed E-state index contributed by atoms with van der Waals surface area (Å²) in [4.78, 5) is 84.6. The monoisotopic (exact) mass is 1490 g/mol. The molecular weight excluding hydrogens is 1450 g/mol. The van der Waals surface area contributed by atoms with Crippen LogP contribution in [0.3, 0.4) is 0 Å². The molecule has 0 bridgehead atoms. The van der Waals surface area contributed by atoms with Gasteiger partial charge in [-0.05, 0) is 119 Å². The van der Waals surface area contributed by atoms with E-state index in [9.17, 15) is 92.8 Å². The summed E-state index contributed by atoms with van der Waals surface area (Å²) in [7, 11) is -23.3. The number of nitrogens with one attached hydrogen (secondary N) is 2. The molecular formula is C54H46N10O21S10. The lowest BCUT2D eigenvalue weighted by Gasteiger charge is -2.30. The molecule has 0 saturated carbocycles. The van der Waals surface area contributed by atoms with Gasteiger partial charge in [0.15, 0.2) is 31.7 Å². The summed E-state index contributed by atoms with van der Waals surface area (Å²) in [6.07, 6.45) is 0.188. The van der Waals surface area contributed by atoms with E-state index in [4.69, 9.17) is 0 Å². The molecule has 0 fully saturated rings. The third-order valence-corrected chi connectivity index (χ3v) is 22.9. The molecule has 0 aliphatic carbocycles. The maximum absolute atomic E-state index is 14.8. The number of hydrogen-bond donors (Lipinski definition) is 8. The predicted molar refractivity (Wildman–Crippen MR) is 355 cm³/mol. The van der Waals surface area contributed by atoms with Crippen LogP contribution in [-0.4, -0.2) is 173 Å². The molecule has 0 radical (unpaired) electrons. The fraction of sp³-hybridized carbons (Fsp3) is 0.222. The minimum Gasteiger partial charge on any atom is -0.323 e. The quantitative estimate of drug-likeness (QED) is 0.00447. The summed E-state index contributed by atoms with van der Waals surface area (Å²) in [5.41, 5.74) is -1.23. The molecule has 498 valence electrons. The normalized spacial score (nSPS) is 14.3. The number of thioether (sulfide) groups is 4. The van der Waals surface area contributed by atoms with Crippen molar-refractivity contribution in [1.82, 2.24) is 29.9 Å². The van der Waals surface area contributed by atoms with Gasteiger partial charge in [-0.1, -0.05) is 71.3 Å². The standard InChI is InChI=1S/C54H46N10O21S10/c65-45-33-11-7-29-31-9-13-35-44-36(48(68)64(47(35)67)28-6-16-38(40(26-28)95(83,84)85)56-50-59-53(88-19-3-23-92(74,75)76)62-54(60-50)89-20-4-24-93(77,78)79)14-10-32(42(31)44)30-8-12-34(43(33)41(29)30)46(66)63(45)27-5-15-37(39(25-27)94(80,81)82)55-49-57-51(86-17-1-21-90(69)70)61-52(58-49)87-18-2-22-91(71,72)73/h5-16,25-26H,1-4,17-24H2,(H,69,70)(H,71,72,73)(H,74,75,76)(H,77,78,79)(H,80,81,82)(H,83,84,85)(H,55,57,58,61)(H,56,59,60,62). The molecule has 1 atom stereocenters. The molecule has 4 amide bonds. The number of amides is 4. The average molecular weight is 1490 g/mol. The van der Waals surface area contributed by atoms with Gasteiger partial charge >= 0.3 is 0 Å². The molecule has 2 aromatic heterocycles. The first-order valence-electron chi connectivity index (χ1n) is 27.4. The molecule has 1 unspecified atom stereocenters. The number of aromatic nitrogens is 6. The fourth-order valence-electron chi connectivity index (χ4n) is 10.5. The Morgan fingerprint density at radius 3 is 0.968 bits per heavy atom. The van der Waals surface area contributed by atoms with Crippen LogP contribution >= 0.6 is 47.0 Å². The number of carbonyl (C=O) groups is 4. The third kappa shape index (κ3) is 15.3. The Balaban J connectivity index is 0.894. The van der Waals surface area contributed by atoms with Crippen LogP contribution in [0.5, 0.6) is 0 Å². The van der Waals surface area contributed by atoms with Gasteiger partial charge in [0.05, 0.1) is 45.8 Å². The molecule has 31 nitrogen and oxygen atoms in total. The topological polar surface area (TPSA) is 485 Å². The number of benzene rings is 7. The predicted octanol–water partition coefficient (Wildman–Crippen LogP) is 7.50. The summed E-state index contributed by atoms with van der Waals surface area (Å²) >= 11 is 1.82. The first kappa shape index (κ1) is 69.2. The largest absolute Gasteiger partial charge is 0.323 e. The molecule has 9 aromatic rings. The number of imide groups is 2. The number of rotatable bonds is 28. The number of nitrogens with zero attached hydrogens (tertiary/aromatic N) is 8. The lowest BCUT2D eigenvalue weighted by atomic mass is 9.82. The Hall–Kier alpha value is -7.20. The van der Waals surface area contributed by atoms with Crippen LogP contribution in [0.15, 0.2) is 115 Å². The molecule has 8 N–H and O–H groups in total. The molecule has 0 saturated heterocycles. The Morgan fingerprint density at radius 1 is 0.400 bits per heavy atom. The minimum atomic E-state index is -5.21. The average Bonchev–Trinajstić information content (AvgIpc) is 0.690. The Morgan fingerprint density at radius 2 is 0.695 bits per heavy atom. The van der Waals surface area contributed by atoms with Crippen LogP contribution < -0.4 is 20.4 Å². The molecule has 2 aliphatic heterocycles. The van der Waals surface area contributed by atoms with E-state index in [1.54, 1.807) is 24.3 Å². The van der Waals surface area contributed by atoms with Gasteiger partial charge < -0.3 is 15.2 Å². The first-order chi connectivity index (χ1) is 44.7. The summed E-state index contributed by atoms with van der Waals surface area (Å²) in [5, 5.41) is 8.76. The highest BCUT2D eigenvalue weighted by molar-refractivity contribution is 8.00. The summed E-state index contributed by atoms with van der Waals surface area (Å²) in [6.45, 7) is 0. The lowest BCUT2D eigenvalue weighted by Crippen LogP contribution is -2.40. The van der Waals surface area contributed by atoms with Gasteiger partial charge in [-0.2, -0.15) is 72.0 Å². The summed E-state index contributed by atoms with van der Waals surface area (Å²) in [6, 6.07) is 18.7. The van der Waals surface area contributed by atoms with E-state index in [0.717, 1.165) is 81.1 Å². The zero-order valence-electron chi connectivity index (χ0n) is 48.0. The van der Waals surface area contributed by atoms with E-state index in [2.05, 4.69) is 40.5 Å². The van der Waals surface area contributed by atoms with E-state index in [1.807, 2.05) is 0 Å². The van der Waals surface area contributed by atoms with Crippen molar-refractivity contribution in [3.05, 3.63) is 107 Å². The van der Waals surface area contributed by atoms with Crippen LogP contribution in [0, 0.1) is 0 Å². The van der Waals surface area contributed by atoms with Gasteiger partial charge in [-0.15, -0.1) is 0 Å². The number of anilines is 6. The maximum Gasteiger partial charge on any atom is 0.296 e. The van der Waals surface area contributed by atoms with E-state index in [0.29, 0.717) is 32.3 Å². The zero-order chi connectivity index (χ0) is 68.3. The highest BCUT2D eigenvalue weighted by Gasteiger charge is 2.39. The van der Waals surface area contributed by atoms with E-state index < -0.39 is 112 Å². The van der Waals surface area contributed by atoms with E-state index in [-0.39, 0.29) is 143 Å². The van der Waals surface area contributed by atoms with Crippen molar-refractivity contribution in [3.8, 4) is 0 Å². The molecule has 0 spiro atoms. The van der Waals surface area contributed by atoms with Crippen LogP contribution in [0.4, 0.5) is 34.6 Å². The van der Waals surface area contributed by atoms with E-state index in [1.165, 1.54) is 36.4 Å². The summed E-state index contributed by atoms with van der Waals surface area (Å²) < 4.78 is 190. The Labute approximate surface area is 558 Å². The third-order valence-electron chi connectivity index (χ3n) is 14.3. The Bertz CT molecular complexity index is 5190. The number of fused-ring (bicyclic) bond motifs is 2. The second-order valence-corrected chi connectivity index (χ2v) is 33.5. The van der Waals surface area contributed by atoms with Crippen LogP contribution in [0.1, 0.15) is 67.1 Å². The Kier molecular flexibility index (Phi) is 19.7. The summed E-state index contributed by atoms with van der Waals surface area (Å²) in [5.74, 6) is -5.42. The first-order valence-corrected chi connectivity index (χ1v) is 40.3. The SMILES string of the molecule is O=C1c2ccc3c4ccc5c6c(ccc(c7ccc(c2c37)C(=O)N1c1ccc(Nc2nc(SCCCS(=O)O)nc(SCCCS(=O)(=O)O)n2)c(S(=O)(=O)O)c1)c64)C(=O)N(c1ccc(Nc2nc(SCCCS(=O)(=O)O)nc(SCCCS(=O)(=O)O)n2)c(S(=O)(=O)O)c1)C5=O. The van der Waals surface area contributed by atoms with Crippen LogP contribution in [0.2, 0.25) is 0 Å². The van der Waals surface area contributed by atoms with Crippen molar-refractivity contribution in [1.29, 1.82) is 0 Å². The second-order valence-electron chi connectivity index (χ2n) is 20.7. The smallest absolute Gasteiger partial charge is 0.296 e. The molecule has 2 aliphatic rings. The van der Waals surface area contributed by atoms with Gasteiger partial charge in [0.2, 0.25) is 11.9 Å². The van der Waals surface area contributed by atoms with Gasteiger partial charge in [0.1, 0.15) is 9.79 Å². The van der Waals surface area contributed by atoms with Crippen molar-refractivity contribution in [2.45, 2.75) is 56.1 Å². The molecule has 4 heterocycles. The highest BCUT2D eigenvalue weighted by atomic mass is 32.2. The number of carbonyl (C=O) groups excluding carboxylic acids is 4. The van der Waals surface area contributed by atoms with Gasteiger partial charge in [-0.25, -0.2) is 14.0 Å².